The molecule has 1 aromatic rings. The van der Waals surface area contributed by atoms with Crippen LogP contribution in [0.5, 0.6) is 11.5 Å². The summed E-state index contributed by atoms with van der Waals surface area (Å²) in [6.45, 7) is 11.2. The second kappa shape index (κ2) is 14.7. The first kappa shape index (κ1) is 25.8. The number of rotatable bonds is 10. The molecule has 166 valence electrons. The average Bonchev–Trinajstić information content (AvgIpc) is 2.74. The third-order valence-electron chi connectivity index (χ3n) is 5.40. The lowest BCUT2D eigenvalue weighted by Gasteiger charge is -2.30. The van der Waals surface area contributed by atoms with Gasteiger partial charge < -0.3 is 24.6 Å². The summed E-state index contributed by atoms with van der Waals surface area (Å²) in [5, 5.41) is 3.40. The number of halogens is 1. The third-order valence-corrected chi connectivity index (χ3v) is 5.40. The lowest BCUT2D eigenvalue weighted by Crippen LogP contribution is -2.41. The Kier molecular flexibility index (Phi) is 13.1. The van der Waals surface area contributed by atoms with Crippen molar-refractivity contribution in [1.29, 1.82) is 0 Å². The Bertz CT molecular complexity index is 575. The molecule has 0 aliphatic carbocycles. The number of nitrogens with one attached hydrogen (secondary N) is 1. The normalized spacial score (nSPS) is 15.5. The number of hydrogen-bond acceptors (Lipinski definition) is 4. The van der Waals surface area contributed by atoms with E-state index < -0.39 is 0 Å². The average molecular weight is 518 g/mol. The van der Waals surface area contributed by atoms with Crippen molar-refractivity contribution >= 4 is 29.9 Å². The Morgan fingerprint density at radius 2 is 1.83 bits per heavy atom. The number of benzene rings is 1. The number of guanidine groups is 1. The smallest absolute Gasteiger partial charge is 0.193 e. The van der Waals surface area contributed by atoms with Gasteiger partial charge in [-0.1, -0.05) is 6.92 Å². The number of nitrogens with zero attached hydrogens (tertiary/aromatic N) is 3. The Morgan fingerprint density at radius 1 is 1.17 bits per heavy atom. The lowest BCUT2D eigenvalue weighted by molar-refractivity contribution is 0.188. The van der Waals surface area contributed by atoms with Crippen LogP contribution in [0.25, 0.3) is 0 Å². The summed E-state index contributed by atoms with van der Waals surface area (Å²) >= 11 is 0. The number of aliphatic imine (C=N–C) groups is 1. The minimum atomic E-state index is 0. The van der Waals surface area contributed by atoms with E-state index in [1.807, 2.05) is 24.3 Å². The number of hydrogen-bond donors (Lipinski definition) is 1. The summed E-state index contributed by atoms with van der Waals surface area (Å²) < 4.78 is 11.0. The fraction of sp³-hybridized carbons (Fsp3) is 0.682. The molecule has 0 atom stereocenters. The molecule has 1 heterocycles. The van der Waals surface area contributed by atoms with Crippen molar-refractivity contribution in [2.75, 3.05) is 60.0 Å². The zero-order valence-electron chi connectivity index (χ0n) is 18.5. The van der Waals surface area contributed by atoms with Gasteiger partial charge in [0.1, 0.15) is 18.1 Å². The van der Waals surface area contributed by atoms with Gasteiger partial charge in [0.25, 0.3) is 0 Å². The second-order valence-electron chi connectivity index (χ2n) is 7.35. The van der Waals surface area contributed by atoms with Gasteiger partial charge in [-0.25, -0.2) is 0 Å². The van der Waals surface area contributed by atoms with Gasteiger partial charge in [-0.3, -0.25) is 4.99 Å². The molecule has 0 bridgehead atoms. The zero-order valence-corrected chi connectivity index (χ0v) is 20.9. The highest BCUT2D eigenvalue weighted by Crippen LogP contribution is 2.20. The molecule has 1 saturated heterocycles. The fourth-order valence-electron chi connectivity index (χ4n) is 3.49. The van der Waals surface area contributed by atoms with Gasteiger partial charge in [-0.05, 0) is 76.0 Å². The monoisotopic (exact) mass is 518 g/mol. The van der Waals surface area contributed by atoms with Crippen molar-refractivity contribution in [2.24, 2.45) is 10.9 Å². The molecule has 7 heteroatoms. The number of ether oxygens (including phenoxy) is 2. The van der Waals surface area contributed by atoms with Crippen LogP contribution in [0.15, 0.2) is 29.3 Å². The third kappa shape index (κ3) is 9.42. The number of methoxy groups -OCH3 is 1. The fourth-order valence-corrected chi connectivity index (χ4v) is 3.49. The van der Waals surface area contributed by atoms with Gasteiger partial charge in [-0.15, -0.1) is 24.0 Å². The summed E-state index contributed by atoms with van der Waals surface area (Å²) in [6.07, 6.45) is 3.81. The molecule has 2 rings (SSSR count). The largest absolute Gasteiger partial charge is 0.497 e. The van der Waals surface area contributed by atoms with Gasteiger partial charge in [0.05, 0.1) is 13.7 Å². The van der Waals surface area contributed by atoms with E-state index in [9.17, 15) is 0 Å². The molecule has 29 heavy (non-hydrogen) atoms. The van der Waals surface area contributed by atoms with E-state index in [-0.39, 0.29) is 24.0 Å². The van der Waals surface area contributed by atoms with Gasteiger partial charge >= 0.3 is 0 Å². The van der Waals surface area contributed by atoms with Gasteiger partial charge in [0, 0.05) is 20.1 Å². The molecular formula is C22H39IN4O2. The van der Waals surface area contributed by atoms with Gasteiger partial charge in [0.15, 0.2) is 5.96 Å². The van der Waals surface area contributed by atoms with E-state index >= 15 is 0 Å². The predicted molar refractivity (Wildman–Crippen MR) is 132 cm³/mol. The number of piperidine rings is 1. The Labute approximate surface area is 194 Å². The first-order valence-electron chi connectivity index (χ1n) is 10.6. The van der Waals surface area contributed by atoms with E-state index in [1.165, 1.54) is 38.9 Å². The standard InChI is InChI=1S/C22H38N4O2.HI/c1-5-23-22(24-14-11-19-12-15-26(6-2)16-13-19)25(3)17-18-28-21-9-7-20(27-4)8-10-21;/h7-10,19H,5-6,11-18H2,1-4H3,(H,23,24);1H. The highest BCUT2D eigenvalue weighted by molar-refractivity contribution is 14.0. The highest BCUT2D eigenvalue weighted by atomic mass is 127. The van der Waals surface area contributed by atoms with Crippen molar-refractivity contribution in [3.05, 3.63) is 24.3 Å². The Balaban J connectivity index is 0.00000420. The van der Waals surface area contributed by atoms with E-state index in [0.29, 0.717) is 6.61 Å². The van der Waals surface area contributed by atoms with Crippen LogP contribution in [0.4, 0.5) is 0 Å². The molecule has 1 aliphatic heterocycles. The highest BCUT2D eigenvalue weighted by Gasteiger charge is 2.17. The van der Waals surface area contributed by atoms with Crippen molar-refractivity contribution < 1.29 is 9.47 Å². The first-order chi connectivity index (χ1) is 13.7. The van der Waals surface area contributed by atoms with Crippen molar-refractivity contribution in [1.82, 2.24) is 15.1 Å². The van der Waals surface area contributed by atoms with Crippen molar-refractivity contribution in [3.63, 3.8) is 0 Å². The Hall–Kier alpha value is -1.22. The molecule has 0 saturated carbocycles. The van der Waals surface area contributed by atoms with Crippen LogP contribution in [0.1, 0.15) is 33.1 Å². The molecule has 1 aliphatic rings. The van der Waals surface area contributed by atoms with Gasteiger partial charge in [-0.2, -0.15) is 0 Å². The van der Waals surface area contributed by atoms with Crippen LogP contribution in [0.3, 0.4) is 0 Å². The first-order valence-corrected chi connectivity index (χ1v) is 10.6. The zero-order chi connectivity index (χ0) is 20.2. The summed E-state index contributed by atoms with van der Waals surface area (Å²) in [7, 11) is 3.74. The van der Waals surface area contributed by atoms with Crippen LogP contribution in [0, 0.1) is 5.92 Å². The molecule has 0 radical (unpaired) electrons. The van der Waals surface area contributed by atoms with Crippen LogP contribution < -0.4 is 14.8 Å². The SMILES string of the molecule is CCNC(=NCCC1CCN(CC)CC1)N(C)CCOc1ccc(OC)cc1.I. The summed E-state index contributed by atoms with van der Waals surface area (Å²) in [5.74, 6) is 3.48. The maximum atomic E-state index is 5.84. The maximum absolute atomic E-state index is 5.84. The molecule has 0 spiro atoms. The number of likely N-dealkylation sites (tertiary alicyclic amines) is 1. The predicted octanol–water partition coefficient (Wildman–Crippen LogP) is 3.71. The molecule has 1 N–H and O–H groups in total. The number of likely N-dealkylation sites (N-methyl/N-ethyl adjacent to an activating group) is 1. The molecule has 6 nitrogen and oxygen atoms in total. The van der Waals surface area contributed by atoms with Crippen LogP contribution in [0.2, 0.25) is 0 Å². The summed E-state index contributed by atoms with van der Waals surface area (Å²) in [4.78, 5) is 9.53. The van der Waals surface area contributed by atoms with Crippen molar-refractivity contribution in [2.45, 2.75) is 33.1 Å². The van der Waals surface area contributed by atoms with Crippen LogP contribution in [-0.4, -0.2) is 75.8 Å². The van der Waals surface area contributed by atoms with Crippen molar-refractivity contribution in [3.8, 4) is 11.5 Å². The Morgan fingerprint density at radius 3 is 2.41 bits per heavy atom. The summed E-state index contributed by atoms with van der Waals surface area (Å²) in [5.41, 5.74) is 0. The molecule has 1 fully saturated rings. The minimum absolute atomic E-state index is 0. The second-order valence-corrected chi connectivity index (χ2v) is 7.35. The molecule has 0 amide bonds. The van der Waals surface area contributed by atoms with E-state index in [2.05, 4.69) is 36.0 Å². The molecular weight excluding hydrogens is 479 g/mol. The molecule has 0 unspecified atom stereocenters. The maximum Gasteiger partial charge on any atom is 0.193 e. The minimum Gasteiger partial charge on any atom is -0.497 e. The van der Waals surface area contributed by atoms with E-state index in [0.717, 1.165) is 43.0 Å². The topological polar surface area (TPSA) is 49.3 Å². The van der Waals surface area contributed by atoms with Crippen LogP contribution >= 0.6 is 24.0 Å². The van der Waals surface area contributed by atoms with Gasteiger partial charge in [0.2, 0.25) is 0 Å². The molecule has 0 aromatic heterocycles. The van der Waals surface area contributed by atoms with Crippen LogP contribution in [-0.2, 0) is 0 Å². The van der Waals surface area contributed by atoms with E-state index in [4.69, 9.17) is 14.5 Å². The lowest BCUT2D eigenvalue weighted by atomic mass is 9.94. The molecule has 1 aromatic carbocycles. The quantitative estimate of drug-likeness (QED) is 0.291. The van der Waals surface area contributed by atoms with E-state index in [1.54, 1.807) is 7.11 Å². The summed E-state index contributed by atoms with van der Waals surface area (Å²) in [6, 6.07) is 7.69.